The summed E-state index contributed by atoms with van der Waals surface area (Å²) in [5.74, 6) is -0.239. The van der Waals surface area contributed by atoms with Crippen LogP contribution in [0.3, 0.4) is 0 Å². The number of nitrogens with zero attached hydrogens (tertiary/aromatic N) is 2. The molecule has 0 spiro atoms. The fraction of sp³-hybridized carbons (Fsp3) is 0.438. The van der Waals surface area contributed by atoms with E-state index >= 15 is 0 Å². The zero-order chi connectivity index (χ0) is 15.8. The van der Waals surface area contributed by atoms with Crippen molar-refractivity contribution in [1.82, 2.24) is 9.78 Å². The predicted octanol–water partition coefficient (Wildman–Crippen LogP) is 4.34. The third-order valence-electron chi connectivity index (χ3n) is 3.94. The Labute approximate surface area is 133 Å². The number of nitrogens with two attached hydrogens (primary N) is 1. The zero-order valence-corrected chi connectivity index (χ0v) is 14.4. The van der Waals surface area contributed by atoms with Crippen LogP contribution in [0, 0.1) is 5.82 Å². The molecule has 1 aromatic heterocycles. The summed E-state index contributed by atoms with van der Waals surface area (Å²) < 4.78 is 16.0. The topological polar surface area (TPSA) is 43.8 Å². The normalized spacial score (nSPS) is 13.7. The van der Waals surface area contributed by atoms with E-state index in [1.807, 2.05) is 4.68 Å². The van der Waals surface area contributed by atoms with Gasteiger partial charge in [-0.15, -0.1) is 0 Å². The molecular formula is C16H21BrFN3. The molecule has 0 bridgehead atoms. The van der Waals surface area contributed by atoms with Crippen molar-refractivity contribution in [2.24, 2.45) is 5.73 Å². The van der Waals surface area contributed by atoms with Crippen LogP contribution < -0.4 is 5.73 Å². The molecule has 2 aromatic rings. The van der Waals surface area contributed by atoms with Gasteiger partial charge in [-0.1, -0.05) is 26.0 Å². The van der Waals surface area contributed by atoms with Gasteiger partial charge in [0.05, 0.1) is 22.4 Å². The molecule has 0 amide bonds. The van der Waals surface area contributed by atoms with Crippen molar-refractivity contribution >= 4 is 15.9 Å². The van der Waals surface area contributed by atoms with Gasteiger partial charge in [0.1, 0.15) is 5.82 Å². The Morgan fingerprint density at radius 2 is 1.81 bits per heavy atom. The minimum absolute atomic E-state index is 0.223. The second kappa shape index (κ2) is 5.89. The molecule has 0 aliphatic heterocycles. The molecule has 0 saturated heterocycles. The quantitative estimate of drug-likeness (QED) is 0.888. The molecule has 2 rings (SSSR count). The van der Waals surface area contributed by atoms with Crippen LogP contribution in [0.5, 0.6) is 0 Å². The van der Waals surface area contributed by atoms with E-state index in [9.17, 15) is 4.39 Å². The monoisotopic (exact) mass is 353 g/mol. The molecular weight excluding hydrogens is 333 g/mol. The van der Waals surface area contributed by atoms with Crippen molar-refractivity contribution < 1.29 is 4.39 Å². The summed E-state index contributed by atoms with van der Waals surface area (Å²) in [6, 6.07) is 6.49. The number of hydrogen-bond donors (Lipinski definition) is 1. The summed E-state index contributed by atoms with van der Waals surface area (Å²) in [7, 11) is 0. The number of hydrogen-bond acceptors (Lipinski definition) is 2. The summed E-state index contributed by atoms with van der Waals surface area (Å²) in [6.45, 7) is 8.27. The van der Waals surface area contributed by atoms with Crippen molar-refractivity contribution in [2.75, 3.05) is 0 Å². The molecule has 0 fully saturated rings. The second-order valence-corrected chi connectivity index (χ2v) is 6.98. The summed E-state index contributed by atoms with van der Waals surface area (Å²) >= 11 is 3.54. The summed E-state index contributed by atoms with van der Waals surface area (Å²) in [5, 5.41) is 4.39. The first-order chi connectivity index (χ1) is 9.75. The van der Waals surface area contributed by atoms with E-state index < -0.39 is 0 Å². The molecule has 2 N–H and O–H groups in total. The molecule has 0 radical (unpaired) electrons. The molecule has 1 heterocycles. The Balaban J connectivity index is 2.45. The third-order valence-corrected chi connectivity index (χ3v) is 4.55. The van der Waals surface area contributed by atoms with Gasteiger partial charge in [0.25, 0.3) is 0 Å². The first kappa shape index (κ1) is 16.2. The maximum absolute atomic E-state index is 13.1. The highest BCUT2D eigenvalue weighted by molar-refractivity contribution is 9.10. The van der Waals surface area contributed by atoms with Gasteiger partial charge in [-0.05, 0) is 47.5 Å². The van der Waals surface area contributed by atoms with Crippen molar-refractivity contribution in [3.05, 3.63) is 52.0 Å². The average Bonchev–Trinajstić information content (AvgIpc) is 2.80. The highest BCUT2D eigenvalue weighted by Crippen LogP contribution is 2.38. The van der Waals surface area contributed by atoms with E-state index in [0.29, 0.717) is 0 Å². The lowest BCUT2D eigenvalue weighted by atomic mass is 9.76. The Bertz CT molecular complexity index is 617. The van der Waals surface area contributed by atoms with Gasteiger partial charge in [-0.25, -0.2) is 4.39 Å². The van der Waals surface area contributed by atoms with Crippen molar-refractivity contribution in [3.8, 4) is 0 Å². The Morgan fingerprint density at radius 1 is 1.24 bits per heavy atom. The van der Waals surface area contributed by atoms with E-state index in [-0.39, 0.29) is 23.3 Å². The fourth-order valence-corrected chi connectivity index (χ4v) is 2.97. The molecule has 3 nitrogen and oxygen atoms in total. The smallest absolute Gasteiger partial charge is 0.123 e. The van der Waals surface area contributed by atoms with Crippen LogP contribution >= 0.6 is 15.9 Å². The third kappa shape index (κ3) is 3.04. The van der Waals surface area contributed by atoms with Crippen LogP contribution in [0.4, 0.5) is 4.39 Å². The van der Waals surface area contributed by atoms with Crippen LogP contribution in [0.15, 0.2) is 34.9 Å². The SMILES string of the molecule is CC(C)n1ncc(Br)c1C(N)C(C)(C)c1ccc(F)cc1. The first-order valence-electron chi connectivity index (χ1n) is 6.99. The van der Waals surface area contributed by atoms with Crippen molar-refractivity contribution in [1.29, 1.82) is 0 Å². The molecule has 1 unspecified atom stereocenters. The molecule has 1 atom stereocenters. The molecule has 114 valence electrons. The molecule has 0 aliphatic rings. The minimum atomic E-state index is -0.344. The number of halogens is 2. The van der Waals surface area contributed by atoms with Gasteiger partial charge < -0.3 is 5.73 Å². The number of benzene rings is 1. The van der Waals surface area contributed by atoms with Crippen LogP contribution in [0.1, 0.15) is 51.0 Å². The van der Waals surface area contributed by atoms with Gasteiger partial charge in [0, 0.05) is 11.5 Å². The summed E-state index contributed by atoms with van der Waals surface area (Å²) in [5.41, 5.74) is 8.16. The van der Waals surface area contributed by atoms with E-state index in [2.05, 4.69) is 48.7 Å². The van der Waals surface area contributed by atoms with Crippen molar-refractivity contribution in [3.63, 3.8) is 0 Å². The minimum Gasteiger partial charge on any atom is -0.322 e. The lowest BCUT2D eigenvalue weighted by Gasteiger charge is -2.33. The molecule has 0 aliphatic carbocycles. The molecule has 0 saturated carbocycles. The van der Waals surface area contributed by atoms with E-state index in [4.69, 9.17) is 5.73 Å². The summed E-state index contributed by atoms with van der Waals surface area (Å²) in [4.78, 5) is 0. The van der Waals surface area contributed by atoms with Gasteiger partial charge in [-0.3, -0.25) is 4.68 Å². The fourth-order valence-electron chi connectivity index (χ4n) is 2.45. The largest absolute Gasteiger partial charge is 0.322 e. The van der Waals surface area contributed by atoms with Crippen LogP contribution in [-0.4, -0.2) is 9.78 Å². The van der Waals surface area contributed by atoms with Crippen LogP contribution in [0.25, 0.3) is 0 Å². The average molecular weight is 354 g/mol. The van der Waals surface area contributed by atoms with Gasteiger partial charge >= 0.3 is 0 Å². The maximum Gasteiger partial charge on any atom is 0.123 e. The standard InChI is InChI=1S/C16H21BrFN3/c1-10(2)21-14(13(17)9-20-21)15(19)16(3,4)11-5-7-12(18)8-6-11/h5-10,15H,19H2,1-4H3. The molecule has 1 aromatic carbocycles. The lowest BCUT2D eigenvalue weighted by Crippen LogP contribution is -2.35. The predicted molar refractivity (Wildman–Crippen MR) is 86.7 cm³/mol. The zero-order valence-electron chi connectivity index (χ0n) is 12.8. The number of aromatic nitrogens is 2. The van der Waals surface area contributed by atoms with E-state index in [1.165, 1.54) is 12.1 Å². The number of rotatable bonds is 4. The summed E-state index contributed by atoms with van der Waals surface area (Å²) in [6.07, 6.45) is 1.77. The Hall–Kier alpha value is -1.20. The second-order valence-electron chi connectivity index (χ2n) is 6.12. The van der Waals surface area contributed by atoms with Crippen LogP contribution in [-0.2, 0) is 5.41 Å². The van der Waals surface area contributed by atoms with E-state index in [0.717, 1.165) is 15.7 Å². The maximum atomic E-state index is 13.1. The van der Waals surface area contributed by atoms with Gasteiger partial charge in [0.15, 0.2) is 0 Å². The highest BCUT2D eigenvalue weighted by Gasteiger charge is 2.33. The Morgan fingerprint density at radius 3 is 2.33 bits per heavy atom. The lowest BCUT2D eigenvalue weighted by molar-refractivity contribution is 0.378. The molecule has 5 heteroatoms. The van der Waals surface area contributed by atoms with Gasteiger partial charge in [-0.2, -0.15) is 5.10 Å². The van der Waals surface area contributed by atoms with Crippen molar-refractivity contribution in [2.45, 2.75) is 45.2 Å². The highest BCUT2D eigenvalue weighted by atomic mass is 79.9. The Kier molecular flexibility index (Phi) is 4.54. The first-order valence-corrected chi connectivity index (χ1v) is 7.79. The van der Waals surface area contributed by atoms with E-state index in [1.54, 1.807) is 18.3 Å². The van der Waals surface area contributed by atoms with Gasteiger partial charge in [0.2, 0.25) is 0 Å². The molecule has 21 heavy (non-hydrogen) atoms. The van der Waals surface area contributed by atoms with Crippen LogP contribution in [0.2, 0.25) is 0 Å².